The van der Waals surface area contributed by atoms with Gasteiger partial charge in [-0.2, -0.15) is 0 Å². The number of carbonyl (C=O) groups is 2. The molecular formula is C17H24N2O3. The van der Waals surface area contributed by atoms with Crippen molar-refractivity contribution in [1.29, 1.82) is 0 Å². The van der Waals surface area contributed by atoms with Crippen LogP contribution in [-0.4, -0.2) is 41.1 Å². The van der Waals surface area contributed by atoms with E-state index in [9.17, 15) is 9.59 Å². The molecule has 1 aliphatic heterocycles. The Morgan fingerprint density at radius 2 is 1.77 bits per heavy atom. The highest BCUT2D eigenvalue weighted by molar-refractivity contribution is 5.98. The van der Waals surface area contributed by atoms with Gasteiger partial charge in [0.1, 0.15) is 12.1 Å². The van der Waals surface area contributed by atoms with E-state index in [1.54, 1.807) is 4.90 Å². The smallest absolute Gasteiger partial charge is 0.410 e. The fourth-order valence-electron chi connectivity index (χ4n) is 2.69. The van der Waals surface area contributed by atoms with E-state index in [0.717, 1.165) is 5.69 Å². The maximum Gasteiger partial charge on any atom is 0.410 e. The van der Waals surface area contributed by atoms with Gasteiger partial charge in [-0.15, -0.1) is 0 Å². The summed E-state index contributed by atoms with van der Waals surface area (Å²) in [4.78, 5) is 28.0. The van der Waals surface area contributed by atoms with Crippen molar-refractivity contribution in [2.24, 2.45) is 0 Å². The normalized spacial score (nSPS) is 18.3. The van der Waals surface area contributed by atoms with Crippen LogP contribution in [0.2, 0.25) is 0 Å². The van der Waals surface area contributed by atoms with Gasteiger partial charge >= 0.3 is 6.09 Å². The van der Waals surface area contributed by atoms with Crippen LogP contribution in [0.15, 0.2) is 30.3 Å². The van der Waals surface area contributed by atoms with Gasteiger partial charge in [0.25, 0.3) is 0 Å². The standard InChI is InChI=1S/C17H24N2O3/c1-16(2,3)22-15(21)18-11-14(20)19(17(4,5)12-18)13-9-7-6-8-10-13/h6-10H,11-12H2,1-5H3. The number of carbonyl (C=O) groups excluding carboxylic acids is 2. The van der Waals surface area contributed by atoms with E-state index < -0.39 is 17.2 Å². The van der Waals surface area contributed by atoms with E-state index in [1.165, 1.54) is 4.90 Å². The van der Waals surface area contributed by atoms with Crippen molar-refractivity contribution < 1.29 is 14.3 Å². The first-order valence-corrected chi connectivity index (χ1v) is 7.46. The number of nitrogens with zero attached hydrogens (tertiary/aromatic N) is 2. The third kappa shape index (κ3) is 3.59. The van der Waals surface area contributed by atoms with Gasteiger partial charge in [0.05, 0.1) is 5.54 Å². The molecule has 1 fully saturated rings. The average Bonchev–Trinajstić information content (AvgIpc) is 2.36. The van der Waals surface area contributed by atoms with Gasteiger partial charge in [0.15, 0.2) is 0 Å². The van der Waals surface area contributed by atoms with Crippen molar-refractivity contribution in [3.8, 4) is 0 Å². The lowest BCUT2D eigenvalue weighted by Gasteiger charge is -2.46. The predicted octanol–water partition coefficient (Wildman–Crippen LogP) is 3.05. The van der Waals surface area contributed by atoms with Crippen LogP contribution in [0.5, 0.6) is 0 Å². The molecule has 0 saturated carbocycles. The van der Waals surface area contributed by atoms with Gasteiger partial charge in [-0.3, -0.25) is 9.69 Å². The first-order valence-electron chi connectivity index (χ1n) is 7.46. The number of piperazine rings is 1. The van der Waals surface area contributed by atoms with E-state index in [0.29, 0.717) is 6.54 Å². The van der Waals surface area contributed by atoms with Crippen molar-refractivity contribution in [3.05, 3.63) is 30.3 Å². The van der Waals surface area contributed by atoms with Crippen LogP contribution in [0.25, 0.3) is 0 Å². The van der Waals surface area contributed by atoms with E-state index in [2.05, 4.69) is 0 Å². The van der Waals surface area contributed by atoms with Crippen LogP contribution in [0, 0.1) is 0 Å². The third-order valence-electron chi connectivity index (χ3n) is 3.42. The molecule has 1 aromatic rings. The lowest BCUT2D eigenvalue weighted by molar-refractivity contribution is -0.123. The largest absolute Gasteiger partial charge is 0.444 e. The van der Waals surface area contributed by atoms with Crippen LogP contribution in [0.1, 0.15) is 34.6 Å². The van der Waals surface area contributed by atoms with Gasteiger partial charge in [0, 0.05) is 12.2 Å². The monoisotopic (exact) mass is 304 g/mol. The average molecular weight is 304 g/mol. The predicted molar refractivity (Wildman–Crippen MR) is 85.8 cm³/mol. The fourth-order valence-corrected chi connectivity index (χ4v) is 2.69. The Morgan fingerprint density at radius 1 is 1.18 bits per heavy atom. The number of amides is 2. The molecule has 0 spiro atoms. The van der Waals surface area contributed by atoms with Crippen LogP contribution in [0.3, 0.4) is 0 Å². The van der Waals surface area contributed by atoms with E-state index in [4.69, 9.17) is 4.74 Å². The molecule has 1 aliphatic rings. The zero-order valence-corrected chi connectivity index (χ0v) is 13.9. The molecule has 0 unspecified atom stereocenters. The zero-order valence-electron chi connectivity index (χ0n) is 13.9. The summed E-state index contributed by atoms with van der Waals surface area (Å²) in [5.74, 6) is -0.103. The summed E-state index contributed by atoms with van der Waals surface area (Å²) < 4.78 is 5.38. The topological polar surface area (TPSA) is 49.9 Å². The third-order valence-corrected chi connectivity index (χ3v) is 3.42. The number of rotatable bonds is 1. The van der Waals surface area contributed by atoms with Crippen molar-refractivity contribution in [1.82, 2.24) is 4.90 Å². The minimum Gasteiger partial charge on any atom is -0.444 e. The van der Waals surface area contributed by atoms with E-state index >= 15 is 0 Å². The Balaban J connectivity index is 2.20. The van der Waals surface area contributed by atoms with Crippen LogP contribution in [-0.2, 0) is 9.53 Å². The Kier molecular flexibility index (Phi) is 4.18. The Bertz CT molecular complexity index is 561. The molecule has 22 heavy (non-hydrogen) atoms. The molecule has 0 bridgehead atoms. The minimum absolute atomic E-state index is 0.0350. The molecule has 0 atom stereocenters. The number of hydrogen-bond donors (Lipinski definition) is 0. The van der Waals surface area contributed by atoms with Gasteiger partial charge in [-0.05, 0) is 46.8 Å². The lowest BCUT2D eigenvalue weighted by atomic mass is 9.97. The van der Waals surface area contributed by atoms with Crippen LogP contribution < -0.4 is 4.90 Å². The van der Waals surface area contributed by atoms with Gasteiger partial charge in [-0.25, -0.2) is 4.79 Å². The van der Waals surface area contributed by atoms with Crippen molar-refractivity contribution in [3.63, 3.8) is 0 Å². The Morgan fingerprint density at radius 3 is 2.27 bits per heavy atom. The summed E-state index contributed by atoms with van der Waals surface area (Å²) >= 11 is 0. The van der Waals surface area contributed by atoms with Crippen LogP contribution >= 0.6 is 0 Å². The summed E-state index contributed by atoms with van der Waals surface area (Å²) in [5.41, 5.74) is -0.213. The van der Waals surface area contributed by atoms with Gasteiger partial charge < -0.3 is 9.64 Å². The number of ether oxygens (including phenoxy) is 1. The summed E-state index contributed by atoms with van der Waals surface area (Å²) in [6.07, 6.45) is -0.443. The first-order chi connectivity index (χ1) is 10.1. The summed E-state index contributed by atoms with van der Waals surface area (Å²) in [7, 11) is 0. The second kappa shape index (κ2) is 5.63. The molecule has 1 saturated heterocycles. The summed E-state index contributed by atoms with van der Waals surface area (Å²) in [5, 5.41) is 0. The summed E-state index contributed by atoms with van der Waals surface area (Å²) in [6, 6.07) is 9.53. The van der Waals surface area contributed by atoms with Crippen molar-refractivity contribution in [2.75, 3.05) is 18.0 Å². The quantitative estimate of drug-likeness (QED) is 0.801. The number of benzene rings is 1. The second-order valence-electron chi connectivity index (χ2n) is 7.21. The second-order valence-corrected chi connectivity index (χ2v) is 7.21. The minimum atomic E-state index is -0.569. The molecule has 2 rings (SSSR count). The van der Waals surface area contributed by atoms with Gasteiger partial charge in [0.2, 0.25) is 5.91 Å². The van der Waals surface area contributed by atoms with Gasteiger partial charge in [-0.1, -0.05) is 18.2 Å². The molecule has 0 radical (unpaired) electrons. The molecule has 1 heterocycles. The lowest BCUT2D eigenvalue weighted by Crippen LogP contribution is -2.63. The number of para-hydroxylation sites is 1. The molecule has 1 aromatic carbocycles. The van der Waals surface area contributed by atoms with E-state index in [1.807, 2.05) is 65.0 Å². The van der Waals surface area contributed by atoms with Crippen molar-refractivity contribution >= 4 is 17.7 Å². The van der Waals surface area contributed by atoms with Crippen molar-refractivity contribution in [2.45, 2.75) is 45.8 Å². The molecule has 5 nitrogen and oxygen atoms in total. The molecule has 0 aromatic heterocycles. The first kappa shape index (κ1) is 16.3. The molecule has 120 valence electrons. The Hall–Kier alpha value is -2.04. The molecule has 0 N–H and O–H groups in total. The van der Waals surface area contributed by atoms with E-state index in [-0.39, 0.29) is 12.5 Å². The maximum absolute atomic E-state index is 12.6. The molecule has 2 amide bonds. The Labute approximate surface area is 131 Å². The number of anilines is 1. The molecule has 5 heteroatoms. The highest BCUT2D eigenvalue weighted by atomic mass is 16.6. The summed E-state index contributed by atoms with van der Waals surface area (Å²) in [6.45, 7) is 9.83. The number of hydrogen-bond acceptors (Lipinski definition) is 3. The SMILES string of the molecule is CC(C)(C)OC(=O)N1CC(=O)N(c2ccccc2)C(C)(C)C1. The maximum atomic E-state index is 12.6. The zero-order chi connectivity index (χ0) is 16.5. The van der Waals surface area contributed by atoms with Crippen LogP contribution in [0.4, 0.5) is 10.5 Å². The fraction of sp³-hybridized carbons (Fsp3) is 0.529. The highest BCUT2D eigenvalue weighted by Gasteiger charge is 2.42. The molecular weight excluding hydrogens is 280 g/mol. The molecule has 0 aliphatic carbocycles. The highest BCUT2D eigenvalue weighted by Crippen LogP contribution is 2.29.